The number of nitrogens with two attached hydrogens (primary N) is 2. The molecular weight excluding hydrogens is 1800 g/mol. The van der Waals surface area contributed by atoms with Gasteiger partial charge in [0.1, 0.15) is 94.9 Å². The predicted molar refractivity (Wildman–Crippen MR) is 513 cm³/mol. The van der Waals surface area contributed by atoms with Crippen molar-refractivity contribution in [1.29, 1.82) is 0 Å². The molecule has 0 saturated heterocycles. The number of hydrogen-bond acceptors (Lipinski definition) is 22. The largest absolute Gasteiger partial charge is 0.508 e. The molecule has 0 fully saturated rings. The summed E-state index contributed by atoms with van der Waals surface area (Å²) >= 11 is 0. The highest BCUT2D eigenvalue weighted by Gasteiger charge is 2.44. The molecule has 42 nitrogen and oxygen atoms in total. The number of carboxylic acids is 1. The quantitative estimate of drug-likeness (QED) is 0.0277. The summed E-state index contributed by atoms with van der Waals surface area (Å²) in [7, 11) is 0. The van der Waals surface area contributed by atoms with Gasteiger partial charge in [-0.1, -0.05) is 120 Å². The summed E-state index contributed by atoms with van der Waals surface area (Å²) < 4.78 is 0. The number of hydrogen-bond donors (Lipinski definition) is 22. The van der Waals surface area contributed by atoms with Crippen LogP contribution in [0.3, 0.4) is 0 Å². The van der Waals surface area contributed by atoms with Crippen LogP contribution in [0.5, 0.6) is 5.75 Å². The van der Waals surface area contributed by atoms with Crippen LogP contribution >= 0.6 is 0 Å². The molecule has 0 radical (unpaired) electrons. The number of rotatable bonds is 37. The van der Waals surface area contributed by atoms with Crippen molar-refractivity contribution in [3.05, 3.63) is 114 Å². The smallest absolute Gasteiger partial charge is 0.303 e. The van der Waals surface area contributed by atoms with E-state index in [1.165, 1.54) is 107 Å². The van der Waals surface area contributed by atoms with E-state index in [4.69, 9.17) is 11.5 Å². The van der Waals surface area contributed by atoms with Gasteiger partial charge in [0.2, 0.25) is 106 Å². The fourth-order valence-corrected chi connectivity index (χ4v) is 15.3. The molecule has 2 heterocycles. The molecule has 0 unspecified atom stereocenters. The van der Waals surface area contributed by atoms with E-state index < -0.39 is 264 Å². The number of Topliss-reactive ketones (excluding diaryl/α,β-unsaturated/α-hetero) is 1. The lowest BCUT2D eigenvalue weighted by Gasteiger charge is -2.34. The van der Waals surface area contributed by atoms with E-state index in [-0.39, 0.29) is 69.0 Å². The van der Waals surface area contributed by atoms with E-state index >= 15 is 28.8 Å². The molecule has 0 spiro atoms. The van der Waals surface area contributed by atoms with Gasteiger partial charge in [0.15, 0.2) is 5.78 Å². The van der Waals surface area contributed by atoms with E-state index in [1.54, 1.807) is 88.5 Å². The van der Waals surface area contributed by atoms with E-state index in [2.05, 4.69) is 90.1 Å². The first-order valence-corrected chi connectivity index (χ1v) is 47.0. The fraction of sp³-hybridized carbons (Fsp3) is 0.567. The third kappa shape index (κ3) is 38.7. The Bertz CT molecular complexity index is 5020. The Morgan fingerprint density at radius 3 is 1.65 bits per heavy atom. The number of phenols is 1. The zero-order chi connectivity index (χ0) is 104. The molecular formula is C97H143N19O23. The van der Waals surface area contributed by atoms with Crippen LogP contribution in [0.1, 0.15) is 230 Å². The zero-order valence-corrected chi connectivity index (χ0v) is 82.1. The van der Waals surface area contributed by atoms with E-state index in [0.717, 1.165) is 0 Å². The molecule has 139 heavy (non-hydrogen) atoms. The van der Waals surface area contributed by atoms with Gasteiger partial charge in [-0.2, -0.15) is 0 Å². The van der Waals surface area contributed by atoms with Crippen LogP contribution in [0.4, 0.5) is 0 Å². The predicted octanol–water partition coefficient (Wildman–Crippen LogP) is 0.732. The molecule has 4 aromatic rings. The van der Waals surface area contributed by atoms with Gasteiger partial charge in [-0.25, -0.2) is 0 Å². The number of ketones is 1. The Morgan fingerprint density at radius 2 is 1.06 bits per heavy atom. The summed E-state index contributed by atoms with van der Waals surface area (Å²) in [5.41, 5.74) is 7.10. The molecule has 0 saturated carbocycles. The van der Waals surface area contributed by atoms with Crippen LogP contribution in [-0.4, -0.2) is 240 Å². The van der Waals surface area contributed by atoms with Gasteiger partial charge in [-0.05, 0) is 187 Å². The molecule has 17 atom stereocenters. The third-order valence-electron chi connectivity index (χ3n) is 23.7. The Morgan fingerprint density at radius 1 is 0.518 bits per heavy atom. The van der Waals surface area contributed by atoms with Gasteiger partial charge in [-0.3, -0.25) is 95.9 Å². The molecule has 24 N–H and O–H groups in total. The van der Waals surface area contributed by atoms with Crippen molar-refractivity contribution < 1.29 is 111 Å². The minimum absolute atomic E-state index is 0.00318. The second kappa shape index (κ2) is 55.0. The summed E-state index contributed by atoms with van der Waals surface area (Å²) in [6.07, 6.45) is 2.14. The summed E-state index contributed by atoms with van der Waals surface area (Å²) in [6.45, 7) is 22.8. The monoisotopic (exact) mass is 1940 g/mol. The van der Waals surface area contributed by atoms with Gasteiger partial charge >= 0.3 is 5.97 Å². The minimum atomic E-state index is -2.08. The topological polar surface area (TPSA) is 662 Å². The number of benzene rings is 3. The number of carboxylic acid groups (broad SMARTS) is 1. The number of primary amides is 2. The summed E-state index contributed by atoms with van der Waals surface area (Å²) in [6, 6.07) is 1.48. The normalized spacial score (nSPS) is 21.7. The summed E-state index contributed by atoms with van der Waals surface area (Å²) in [5.74, 6) is -20.4. The Labute approximate surface area is 809 Å². The Balaban J connectivity index is 1.59. The lowest BCUT2D eigenvalue weighted by Crippen LogP contribution is -2.65. The summed E-state index contributed by atoms with van der Waals surface area (Å²) in [4.78, 5) is 284. The Kier molecular flexibility index (Phi) is 45.8. The maximum atomic E-state index is 15.6. The van der Waals surface area contributed by atoms with Crippen LogP contribution < -0.4 is 96.5 Å². The van der Waals surface area contributed by atoms with Crippen molar-refractivity contribution in [1.82, 2.24) is 90.1 Å². The molecule has 3 aromatic carbocycles. The van der Waals surface area contributed by atoms with E-state index in [0.29, 0.717) is 59.7 Å². The number of aliphatic carboxylic acids is 1. The van der Waals surface area contributed by atoms with Gasteiger partial charge < -0.3 is 117 Å². The number of nitrogens with one attached hydrogen (secondary N) is 17. The number of carbonyl (C=O) groups excluding carboxylic acids is 19. The zero-order valence-electron chi connectivity index (χ0n) is 82.1. The molecule has 18 amide bonds. The molecule has 1 aliphatic heterocycles. The number of aromatic hydroxyl groups is 1. The average molecular weight is 1940 g/mol. The first-order valence-electron chi connectivity index (χ1n) is 47.0. The number of amides is 18. The number of para-hydroxylation sites is 1. The van der Waals surface area contributed by atoms with Gasteiger partial charge in [0.25, 0.3) is 0 Å². The van der Waals surface area contributed by atoms with Crippen LogP contribution in [0.15, 0.2) is 97.2 Å². The van der Waals surface area contributed by atoms with Crippen LogP contribution in [0, 0.1) is 17.8 Å². The second-order valence-electron chi connectivity index (χ2n) is 37.7. The van der Waals surface area contributed by atoms with Crippen molar-refractivity contribution >= 4 is 129 Å². The molecule has 1 aliphatic rings. The average Bonchev–Trinajstić information content (AvgIpc) is 1.81. The summed E-state index contributed by atoms with van der Waals surface area (Å²) in [5, 5.41) is 73.8. The molecule has 42 heteroatoms. The van der Waals surface area contributed by atoms with Crippen molar-refractivity contribution in [2.45, 2.75) is 334 Å². The number of H-pyrrole nitrogens is 1. The maximum Gasteiger partial charge on any atom is 0.303 e. The highest BCUT2D eigenvalue weighted by Crippen LogP contribution is 2.26. The lowest BCUT2D eigenvalue weighted by atomic mass is 9.86. The molecule has 5 rings (SSSR count). The van der Waals surface area contributed by atoms with Crippen molar-refractivity contribution in [2.75, 3.05) is 0 Å². The molecule has 1 aromatic heterocycles. The van der Waals surface area contributed by atoms with Gasteiger partial charge in [0.05, 0.1) is 12.1 Å². The number of phenolic OH excluding ortho intramolecular Hbond substituents is 1. The maximum absolute atomic E-state index is 15.6. The second-order valence-corrected chi connectivity index (χ2v) is 37.7. The van der Waals surface area contributed by atoms with Gasteiger partial charge in [-0.15, -0.1) is 0 Å². The number of aliphatic hydroxyl groups is 1. The minimum Gasteiger partial charge on any atom is -0.508 e. The number of fused-ring (bicyclic) bond motifs is 1. The number of aliphatic hydroxyl groups excluding tert-OH is 1. The third-order valence-corrected chi connectivity index (χ3v) is 23.7. The standard InChI is InChI=1S/C97H143N19O23/c1-52(2)45-64-50-75(120)69(39-41-76(98)121)108-83(128)56(7)104-87(132)74(49-65-51-100-68-34-28-27-33-67(65)68)110-88(133)72(48-63-35-37-66(119)38-36-63)109-86(131)70(40-42-77(122)123)112-94(139)97(16,116-90(135)73(47-62-31-25-24-26-32-62)111-91(136)78(60(11)117)113-89(134)71(46-53(3)4)107-61(12)118)44-30-23-21-19-17-18-20-22-29-43-96(15,115-85(64)130)93(138)106-58(9)82(127)102-55(6)80(125)103-59(10)84(129)114-95(13,14)92(137)105-57(8)81(126)101-54(5)79(99)124/h18,20,24-28,31-38,51-60,64,69-74,78,100,117,119H,17,19,21-23,29-30,39-50H2,1-16H3,(H2,98,121)(H2,99,124)(H,101,126)(H,102,127)(H,103,125)(H,104,132)(H,105,137)(H,106,138)(H,107,118)(H,108,128)(H,109,131)(H,110,133)(H,111,136)(H,112,139)(H,113,134)(H,114,129)(H,115,130)(H,116,135)(H,122,123)/b20-18+/t54-,55+,56+,57+,58+,59+,60-,64-,69+,70+,71+,72+,73+,74+,78+,96+,97-/m1/s1. The van der Waals surface area contributed by atoms with E-state index in [9.17, 15) is 82.4 Å². The molecule has 0 aliphatic carbocycles. The molecule has 0 bridgehead atoms. The van der Waals surface area contributed by atoms with Gasteiger partial charge in [0, 0.05) is 68.5 Å². The number of aromatic nitrogens is 1. The number of carbonyl (C=O) groups is 20. The first kappa shape index (κ1) is 116. The lowest BCUT2D eigenvalue weighted by molar-refractivity contribution is -0.140. The highest BCUT2D eigenvalue weighted by molar-refractivity contribution is 6.03. The first-order chi connectivity index (χ1) is 65.1. The fourth-order valence-electron chi connectivity index (χ4n) is 15.3. The Hall–Kier alpha value is -13.7. The van der Waals surface area contributed by atoms with Crippen LogP contribution in [0.25, 0.3) is 10.9 Å². The SMILES string of the molecule is CC(=O)N[C@@H](CC(C)C)C(=O)N[C@H](C(=O)N[C@@H](Cc1ccccc1)C(=O)N[C@]1(C)CCCCCC/C=C/CCC[C@@](C)(C(=O)N[C@@H](C)C(=O)N[C@@H](C)C(=O)N[C@@H](C)C(=O)NC(C)(C)C(=O)N[C@@H](C)C(=O)N[C@H](C)C(N)=O)NC(=O)[C@H](CC(C)C)CC(=O)[C@H](CCC(N)=O)NC(=O)[C@H](C)NC(=O)[C@H](Cc2c[nH]c3ccccc23)NC(=O)[C@H](Cc2ccc(O)cc2)NC(=O)[C@H](CCC(=O)O)NC1=O)[C@@H](C)O. The van der Waals surface area contributed by atoms with E-state index in [1.807, 2.05) is 12.2 Å². The van der Waals surface area contributed by atoms with Crippen molar-refractivity contribution in [2.24, 2.45) is 29.2 Å². The number of aromatic amines is 1. The number of allylic oxidation sites excluding steroid dienone is 2. The van der Waals surface area contributed by atoms with Crippen LogP contribution in [-0.2, 0) is 115 Å². The highest BCUT2D eigenvalue weighted by atomic mass is 16.4. The molecule has 764 valence electrons. The van der Waals surface area contributed by atoms with Crippen LogP contribution in [0.2, 0.25) is 0 Å². The van der Waals surface area contributed by atoms with Crippen molar-refractivity contribution in [3.63, 3.8) is 0 Å². The van der Waals surface area contributed by atoms with Crippen molar-refractivity contribution in [3.8, 4) is 5.75 Å².